The molecule has 0 aliphatic rings. The van der Waals surface area contributed by atoms with E-state index in [9.17, 15) is 0 Å². The Morgan fingerprint density at radius 3 is 2.53 bits per heavy atom. The lowest BCUT2D eigenvalue weighted by Crippen LogP contribution is -1.91. The van der Waals surface area contributed by atoms with Gasteiger partial charge in [0.15, 0.2) is 0 Å². The summed E-state index contributed by atoms with van der Waals surface area (Å²) in [5, 5.41) is 0.896. The summed E-state index contributed by atoms with van der Waals surface area (Å²) in [6.45, 7) is 0. The Kier molecular flexibility index (Phi) is 3.19. The number of anilines is 1. The van der Waals surface area contributed by atoms with Crippen LogP contribution >= 0.6 is 11.8 Å². The molecule has 76 valence electrons. The number of thioether (sulfide) groups is 1. The summed E-state index contributed by atoms with van der Waals surface area (Å²) in [6, 6.07) is 10.3. The molecule has 15 heavy (non-hydrogen) atoms. The van der Waals surface area contributed by atoms with Crippen LogP contribution in [0.4, 0.5) is 5.82 Å². The van der Waals surface area contributed by atoms with Gasteiger partial charge < -0.3 is 5.73 Å². The number of hydrogen-bond donors (Lipinski definition) is 1. The average Bonchev–Trinajstić information content (AvgIpc) is 2.30. The van der Waals surface area contributed by atoms with E-state index in [0.717, 1.165) is 10.8 Å². The van der Waals surface area contributed by atoms with E-state index in [4.69, 9.17) is 5.73 Å². The molecule has 0 aliphatic carbocycles. The number of rotatable bonds is 3. The minimum absolute atomic E-state index is 0.457. The zero-order chi connectivity index (χ0) is 10.5. The number of aromatic nitrogens is 2. The molecule has 2 aromatic rings. The van der Waals surface area contributed by atoms with Gasteiger partial charge in [0.1, 0.15) is 10.8 Å². The topological polar surface area (TPSA) is 51.8 Å². The highest BCUT2D eigenvalue weighted by Gasteiger charge is 1.97. The monoisotopic (exact) mass is 217 g/mol. The van der Waals surface area contributed by atoms with Crippen molar-refractivity contribution in [2.24, 2.45) is 0 Å². The summed E-state index contributed by atoms with van der Waals surface area (Å²) in [5.41, 5.74) is 6.73. The predicted octanol–water partition coefficient (Wildman–Crippen LogP) is 2.35. The van der Waals surface area contributed by atoms with Crippen LogP contribution in [0, 0.1) is 0 Å². The highest BCUT2D eigenvalue weighted by molar-refractivity contribution is 7.98. The van der Waals surface area contributed by atoms with Crippen molar-refractivity contribution >= 4 is 17.6 Å². The summed E-state index contributed by atoms with van der Waals surface area (Å²) < 4.78 is 0. The number of nitrogens with two attached hydrogens (primary N) is 1. The van der Waals surface area contributed by atoms with Crippen molar-refractivity contribution < 1.29 is 0 Å². The van der Waals surface area contributed by atoms with Crippen molar-refractivity contribution in [2.45, 2.75) is 10.8 Å². The van der Waals surface area contributed by atoms with E-state index in [1.807, 2.05) is 18.2 Å². The molecule has 0 spiro atoms. The fraction of sp³-hybridized carbons (Fsp3) is 0.0909. The van der Waals surface area contributed by atoms with Gasteiger partial charge >= 0.3 is 0 Å². The first-order chi connectivity index (χ1) is 7.34. The fourth-order valence-corrected chi connectivity index (χ4v) is 1.89. The third-order valence-electron chi connectivity index (χ3n) is 1.88. The fourth-order valence-electron chi connectivity index (χ4n) is 1.13. The lowest BCUT2D eigenvalue weighted by molar-refractivity contribution is 1.06. The van der Waals surface area contributed by atoms with Crippen molar-refractivity contribution in [3.8, 4) is 0 Å². The molecule has 1 aromatic carbocycles. The van der Waals surface area contributed by atoms with Crippen LogP contribution in [0.1, 0.15) is 5.56 Å². The SMILES string of the molecule is Nc1cnc(SCc2ccccc2)cn1. The van der Waals surface area contributed by atoms with Crippen LogP contribution in [0.3, 0.4) is 0 Å². The summed E-state index contributed by atoms with van der Waals surface area (Å²) in [4.78, 5) is 8.15. The third-order valence-corrected chi connectivity index (χ3v) is 2.86. The molecule has 0 saturated heterocycles. The molecular formula is C11H11N3S. The maximum atomic E-state index is 5.45. The summed E-state index contributed by atoms with van der Waals surface area (Å²) >= 11 is 1.65. The summed E-state index contributed by atoms with van der Waals surface area (Å²) in [6.07, 6.45) is 3.27. The molecule has 0 bridgehead atoms. The van der Waals surface area contributed by atoms with Crippen LogP contribution < -0.4 is 5.73 Å². The second kappa shape index (κ2) is 4.79. The van der Waals surface area contributed by atoms with Crippen LogP contribution in [-0.4, -0.2) is 9.97 Å². The Morgan fingerprint density at radius 1 is 1.07 bits per heavy atom. The minimum Gasteiger partial charge on any atom is -0.382 e. The molecule has 1 heterocycles. The first-order valence-electron chi connectivity index (χ1n) is 4.59. The van der Waals surface area contributed by atoms with E-state index in [-0.39, 0.29) is 0 Å². The molecule has 0 saturated carbocycles. The van der Waals surface area contributed by atoms with Gasteiger partial charge in [-0.15, -0.1) is 11.8 Å². The Bertz CT molecular complexity index is 414. The Balaban J connectivity index is 1.96. The van der Waals surface area contributed by atoms with Crippen molar-refractivity contribution in [2.75, 3.05) is 5.73 Å². The number of hydrogen-bond acceptors (Lipinski definition) is 4. The normalized spacial score (nSPS) is 10.1. The van der Waals surface area contributed by atoms with Crippen molar-refractivity contribution in [1.29, 1.82) is 0 Å². The van der Waals surface area contributed by atoms with E-state index in [0.29, 0.717) is 5.82 Å². The molecule has 0 amide bonds. The molecule has 2 rings (SSSR count). The van der Waals surface area contributed by atoms with Crippen LogP contribution in [-0.2, 0) is 5.75 Å². The zero-order valence-corrected chi connectivity index (χ0v) is 8.95. The number of nitrogens with zero attached hydrogens (tertiary/aromatic N) is 2. The van der Waals surface area contributed by atoms with Gasteiger partial charge in [0.05, 0.1) is 12.4 Å². The lowest BCUT2D eigenvalue weighted by atomic mass is 10.2. The van der Waals surface area contributed by atoms with Gasteiger partial charge in [-0.25, -0.2) is 9.97 Å². The van der Waals surface area contributed by atoms with Crippen molar-refractivity contribution in [3.63, 3.8) is 0 Å². The zero-order valence-electron chi connectivity index (χ0n) is 8.13. The minimum atomic E-state index is 0.457. The standard InChI is InChI=1S/C11H11N3S/c12-10-6-14-11(7-13-10)15-8-9-4-2-1-3-5-9/h1-7H,8H2,(H2,12,13). The second-order valence-corrected chi connectivity index (χ2v) is 4.05. The van der Waals surface area contributed by atoms with Gasteiger partial charge in [0, 0.05) is 5.75 Å². The predicted molar refractivity (Wildman–Crippen MR) is 62.4 cm³/mol. The Morgan fingerprint density at radius 2 is 1.87 bits per heavy atom. The molecule has 0 atom stereocenters. The van der Waals surface area contributed by atoms with Crippen LogP contribution in [0.5, 0.6) is 0 Å². The lowest BCUT2D eigenvalue weighted by Gasteiger charge is -2.00. The van der Waals surface area contributed by atoms with Gasteiger partial charge in [-0.1, -0.05) is 30.3 Å². The first-order valence-corrected chi connectivity index (χ1v) is 5.57. The van der Waals surface area contributed by atoms with Crippen LogP contribution in [0.2, 0.25) is 0 Å². The molecule has 0 fully saturated rings. The third kappa shape index (κ3) is 2.95. The maximum absolute atomic E-state index is 5.45. The molecule has 0 aliphatic heterocycles. The molecule has 4 heteroatoms. The summed E-state index contributed by atoms with van der Waals surface area (Å²) in [5.74, 6) is 1.36. The van der Waals surface area contributed by atoms with Crippen LogP contribution in [0.25, 0.3) is 0 Å². The van der Waals surface area contributed by atoms with E-state index in [1.54, 1.807) is 24.2 Å². The van der Waals surface area contributed by atoms with Gasteiger partial charge in [-0.3, -0.25) is 0 Å². The van der Waals surface area contributed by atoms with Gasteiger partial charge in [0.2, 0.25) is 0 Å². The smallest absolute Gasteiger partial charge is 0.141 e. The molecular weight excluding hydrogens is 206 g/mol. The molecule has 0 radical (unpaired) electrons. The molecule has 2 N–H and O–H groups in total. The Labute approximate surface area is 92.8 Å². The maximum Gasteiger partial charge on any atom is 0.141 e. The van der Waals surface area contributed by atoms with E-state index in [2.05, 4.69) is 22.1 Å². The van der Waals surface area contributed by atoms with Crippen molar-refractivity contribution in [3.05, 3.63) is 48.3 Å². The molecule has 1 aromatic heterocycles. The molecule has 3 nitrogen and oxygen atoms in total. The van der Waals surface area contributed by atoms with Crippen molar-refractivity contribution in [1.82, 2.24) is 9.97 Å². The van der Waals surface area contributed by atoms with Gasteiger partial charge in [0.25, 0.3) is 0 Å². The highest BCUT2D eigenvalue weighted by Crippen LogP contribution is 2.19. The number of nitrogen functional groups attached to an aromatic ring is 1. The largest absolute Gasteiger partial charge is 0.382 e. The number of benzene rings is 1. The quantitative estimate of drug-likeness (QED) is 0.802. The summed E-state index contributed by atoms with van der Waals surface area (Å²) in [7, 11) is 0. The van der Waals surface area contributed by atoms with E-state index >= 15 is 0 Å². The first kappa shape index (κ1) is 9.98. The van der Waals surface area contributed by atoms with Gasteiger partial charge in [-0.2, -0.15) is 0 Å². The highest BCUT2D eigenvalue weighted by atomic mass is 32.2. The Hall–Kier alpha value is -1.55. The van der Waals surface area contributed by atoms with Crippen LogP contribution in [0.15, 0.2) is 47.8 Å². The average molecular weight is 217 g/mol. The van der Waals surface area contributed by atoms with E-state index < -0.39 is 0 Å². The van der Waals surface area contributed by atoms with E-state index in [1.165, 1.54) is 5.56 Å². The second-order valence-electron chi connectivity index (χ2n) is 3.05. The molecule has 0 unspecified atom stereocenters. The van der Waals surface area contributed by atoms with Gasteiger partial charge in [-0.05, 0) is 5.56 Å².